The van der Waals surface area contributed by atoms with Gasteiger partial charge in [-0.15, -0.1) is 12.4 Å². The van der Waals surface area contributed by atoms with Gasteiger partial charge in [-0.25, -0.2) is 4.68 Å². The summed E-state index contributed by atoms with van der Waals surface area (Å²) in [5.41, 5.74) is 8.82. The van der Waals surface area contributed by atoms with E-state index in [1.54, 1.807) is 6.20 Å². The van der Waals surface area contributed by atoms with Gasteiger partial charge in [0.15, 0.2) is 0 Å². The molecule has 1 saturated heterocycles. The number of aromatic nitrogens is 2. The third-order valence-corrected chi connectivity index (χ3v) is 4.83. The van der Waals surface area contributed by atoms with Gasteiger partial charge in [0.2, 0.25) is 0 Å². The van der Waals surface area contributed by atoms with Gasteiger partial charge in [0.05, 0.1) is 23.1 Å². The highest BCUT2D eigenvalue weighted by molar-refractivity contribution is 5.95. The predicted molar refractivity (Wildman–Crippen MR) is 95.9 cm³/mol. The first kappa shape index (κ1) is 17.0. The van der Waals surface area contributed by atoms with E-state index in [0.717, 1.165) is 55.7 Å². The summed E-state index contributed by atoms with van der Waals surface area (Å²) in [4.78, 5) is 14.9. The number of carbonyl (C=O) groups is 1. The number of hydrogen-bond donors (Lipinski definition) is 1. The molecule has 1 amide bonds. The fourth-order valence-corrected chi connectivity index (χ4v) is 3.32. The largest absolute Gasteiger partial charge is 0.338 e. The van der Waals surface area contributed by atoms with Crippen LogP contribution in [0.5, 0.6) is 0 Å². The molecule has 4 rings (SSSR count). The van der Waals surface area contributed by atoms with Crippen molar-refractivity contribution in [2.45, 2.75) is 37.6 Å². The van der Waals surface area contributed by atoms with Gasteiger partial charge < -0.3 is 10.6 Å². The third kappa shape index (κ3) is 3.19. The van der Waals surface area contributed by atoms with E-state index in [9.17, 15) is 4.79 Å². The minimum absolute atomic E-state index is 0. The first-order valence-electron chi connectivity index (χ1n) is 8.42. The smallest absolute Gasteiger partial charge is 0.257 e. The average Bonchev–Trinajstić information content (AvgIpc) is 3.34. The van der Waals surface area contributed by atoms with Crippen LogP contribution >= 0.6 is 12.4 Å². The standard InChI is InChI=1S/C18H22N4O.ClH/c19-14-8-10-21(11-9-14)18(23)16-12-20-22(17(16)13-6-7-13)15-4-2-1-3-5-15;/h1-5,12-14H,6-11,19H2;1H. The van der Waals surface area contributed by atoms with Gasteiger partial charge in [-0.1, -0.05) is 18.2 Å². The maximum Gasteiger partial charge on any atom is 0.257 e. The van der Waals surface area contributed by atoms with Gasteiger partial charge in [0.1, 0.15) is 0 Å². The van der Waals surface area contributed by atoms with Crippen molar-refractivity contribution in [2.75, 3.05) is 13.1 Å². The second-order valence-corrected chi connectivity index (χ2v) is 6.59. The molecule has 0 bridgehead atoms. The van der Waals surface area contributed by atoms with E-state index in [1.165, 1.54) is 0 Å². The molecule has 0 unspecified atom stereocenters. The van der Waals surface area contributed by atoms with E-state index in [2.05, 4.69) is 5.10 Å². The molecule has 0 radical (unpaired) electrons. The van der Waals surface area contributed by atoms with Crippen LogP contribution in [0.3, 0.4) is 0 Å². The van der Waals surface area contributed by atoms with Crippen molar-refractivity contribution in [3.05, 3.63) is 47.8 Å². The Morgan fingerprint density at radius 2 is 1.75 bits per heavy atom. The highest BCUT2D eigenvalue weighted by Crippen LogP contribution is 2.42. The summed E-state index contributed by atoms with van der Waals surface area (Å²) in [7, 11) is 0. The van der Waals surface area contributed by atoms with Crippen molar-refractivity contribution in [3.8, 4) is 5.69 Å². The van der Waals surface area contributed by atoms with E-state index in [0.29, 0.717) is 5.92 Å². The number of benzene rings is 1. The first-order chi connectivity index (χ1) is 11.2. The average molecular weight is 347 g/mol. The molecule has 24 heavy (non-hydrogen) atoms. The Morgan fingerprint density at radius 3 is 2.38 bits per heavy atom. The van der Waals surface area contributed by atoms with Crippen LogP contribution in [-0.2, 0) is 0 Å². The highest BCUT2D eigenvalue weighted by atomic mass is 35.5. The van der Waals surface area contributed by atoms with Crippen molar-refractivity contribution >= 4 is 18.3 Å². The Balaban J connectivity index is 0.00000169. The summed E-state index contributed by atoms with van der Waals surface area (Å²) in [6.45, 7) is 1.50. The monoisotopic (exact) mass is 346 g/mol. The molecule has 0 atom stereocenters. The molecule has 2 aliphatic rings. The molecular weight excluding hydrogens is 324 g/mol. The van der Waals surface area contributed by atoms with E-state index < -0.39 is 0 Å². The van der Waals surface area contributed by atoms with Gasteiger partial charge in [-0.2, -0.15) is 5.10 Å². The minimum Gasteiger partial charge on any atom is -0.338 e. The quantitative estimate of drug-likeness (QED) is 0.929. The summed E-state index contributed by atoms with van der Waals surface area (Å²) >= 11 is 0. The summed E-state index contributed by atoms with van der Waals surface area (Å²) in [6, 6.07) is 10.3. The zero-order valence-electron chi connectivity index (χ0n) is 13.6. The molecule has 6 heteroatoms. The number of para-hydroxylation sites is 1. The lowest BCUT2D eigenvalue weighted by molar-refractivity contribution is 0.0713. The minimum atomic E-state index is 0. The lowest BCUT2D eigenvalue weighted by atomic mass is 10.0. The van der Waals surface area contributed by atoms with Gasteiger partial charge in [0, 0.05) is 25.0 Å². The number of halogens is 1. The molecule has 5 nitrogen and oxygen atoms in total. The third-order valence-electron chi connectivity index (χ3n) is 4.83. The zero-order valence-corrected chi connectivity index (χ0v) is 14.4. The van der Waals surface area contributed by atoms with Crippen LogP contribution < -0.4 is 5.73 Å². The van der Waals surface area contributed by atoms with Crippen LogP contribution in [0.15, 0.2) is 36.5 Å². The molecule has 2 aromatic rings. The Hall–Kier alpha value is -1.85. The zero-order chi connectivity index (χ0) is 15.8. The van der Waals surface area contributed by atoms with E-state index in [1.807, 2.05) is 39.9 Å². The molecule has 2 fully saturated rings. The topological polar surface area (TPSA) is 64.2 Å². The predicted octanol–water partition coefficient (Wildman–Crippen LogP) is 2.73. The second-order valence-electron chi connectivity index (χ2n) is 6.59. The summed E-state index contributed by atoms with van der Waals surface area (Å²) < 4.78 is 1.95. The highest BCUT2D eigenvalue weighted by Gasteiger charge is 2.34. The van der Waals surface area contributed by atoms with E-state index >= 15 is 0 Å². The summed E-state index contributed by atoms with van der Waals surface area (Å²) in [5, 5.41) is 4.52. The SMILES string of the molecule is Cl.NC1CCN(C(=O)c2cnn(-c3ccccc3)c2C2CC2)CC1. The number of amides is 1. The Bertz CT molecular complexity index is 703. The molecule has 1 saturated carbocycles. The molecule has 1 aromatic heterocycles. The molecular formula is C18H23ClN4O. The molecule has 1 aliphatic carbocycles. The molecule has 2 heterocycles. The number of nitrogens with two attached hydrogens (primary N) is 1. The number of rotatable bonds is 3. The van der Waals surface area contributed by atoms with Crippen LogP contribution in [0.4, 0.5) is 0 Å². The fourth-order valence-electron chi connectivity index (χ4n) is 3.32. The molecule has 0 spiro atoms. The van der Waals surface area contributed by atoms with Gasteiger partial charge in [-0.3, -0.25) is 4.79 Å². The van der Waals surface area contributed by atoms with Crippen LogP contribution in [-0.4, -0.2) is 39.7 Å². The van der Waals surface area contributed by atoms with Gasteiger partial charge in [0.25, 0.3) is 5.91 Å². The summed E-state index contributed by atoms with van der Waals surface area (Å²) in [6.07, 6.45) is 5.81. The van der Waals surface area contributed by atoms with Gasteiger partial charge >= 0.3 is 0 Å². The molecule has 128 valence electrons. The van der Waals surface area contributed by atoms with E-state index in [4.69, 9.17) is 5.73 Å². The normalized spacial score (nSPS) is 18.3. The Morgan fingerprint density at radius 1 is 1.08 bits per heavy atom. The van der Waals surface area contributed by atoms with Gasteiger partial charge in [-0.05, 0) is 37.8 Å². The molecule has 1 aromatic carbocycles. The van der Waals surface area contributed by atoms with Crippen LogP contribution in [0.1, 0.15) is 47.7 Å². The number of piperidine rings is 1. The molecule has 2 N–H and O–H groups in total. The van der Waals surface area contributed by atoms with Crippen molar-refractivity contribution in [1.29, 1.82) is 0 Å². The Kier molecular flexibility index (Phi) is 4.92. The van der Waals surface area contributed by atoms with Crippen molar-refractivity contribution in [1.82, 2.24) is 14.7 Å². The maximum atomic E-state index is 12.9. The number of likely N-dealkylation sites (tertiary alicyclic amines) is 1. The fraction of sp³-hybridized carbons (Fsp3) is 0.444. The Labute approximate surface area is 148 Å². The van der Waals surface area contributed by atoms with Crippen LogP contribution in [0.25, 0.3) is 5.69 Å². The summed E-state index contributed by atoms with van der Waals surface area (Å²) in [5.74, 6) is 0.574. The number of carbonyl (C=O) groups excluding carboxylic acids is 1. The first-order valence-corrected chi connectivity index (χ1v) is 8.42. The van der Waals surface area contributed by atoms with Crippen molar-refractivity contribution < 1.29 is 4.79 Å². The van der Waals surface area contributed by atoms with E-state index in [-0.39, 0.29) is 24.4 Å². The maximum absolute atomic E-state index is 12.9. The second kappa shape index (κ2) is 6.95. The van der Waals surface area contributed by atoms with Crippen molar-refractivity contribution in [3.63, 3.8) is 0 Å². The molecule has 1 aliphatic heterocycles. The van der Waals surface area contributed by atoms with Crippen molar-refractivity contribution in [2.24, 2.45) is 5.73 Å². The number of hydrogen-bond acceptors (Lipinski definition) is 3. The number of nitrogens with zero attached hydrogens (tertiary/aromatic N) is 3. The van der Waals surface area contributed by atoms with Crippen LogP contribution in [0.2, 0.25) is 0 Å². The van der Waals surface area contributed by atoms with Crippen LogP contribution in [0, 0.1) is 0 Å². The lowest BCUT2D eigenvalue weighted by Crippen LogP contribution is -2.43. The lowest BCUT2D eigenvalue weighted by Gasteiger charge is -2.30.